The van der Waals surface area contributed by atoms with E-state index in [2.05, 4.69) is 123 Å². The van der Waals surface area contributed by atoms with Crippen molar-refractivity contribution in [3.05, 3.63) is 109 Å². The summed E-state index contributed by atoms with van der Waals surface area (Å²) in [5.41, 5.74) is 5.39. The van der Waals surface area contributed by atoms with E-state index in [0.717, 1.165) is 103 Å². The maximum atomic E-state index is 12.7. The molecule has 0 heterocycles. The van der Waals surface area contributed by atoms with Crippen LogP contribution < -0.4 is 5.73 Å². The Balaban J connectivity index is 4.00. The molecule has 3 N–H and O–H groups in total. The average Bonchev–Trinajstić information content (AvgIpc) is 3.29. The molecule has 0 fully saturated rings. The highest BCUT2D eigenvalue weighted by Gasteiger charge is 2.25. The normalized spacial score (nSPS) is 14.2. The van der Waals surface area contributed by atoms with Crippen molar-refractivity contribution in [2.75, 3.05) is 33.0 Å². The minimum absolute atomic E-state index is 0.0910. The topological polar surface area (TPSA) is 117 Å². The first-order valence-corrected chi connectivity index (χ1v) is 26.9. The van der Waals surface area contributed by atoms with Gasteiger partial charge in [0.05, 0.1) is 19.8 Å². The van der Waals surface area contributed by atoms with Gasteiger partial charge in [0.25, 0.3) is 0 Å². The summed E-state index contributed by atoms with van der Waals surface area (Å²) in [7, 11) is -4.30. The summed E-state index contributed by atoms with van der Waals surface area (Å²) in [5.74, 6) is -0.350. The lowest BCUT2D eigenvalue weighted by Gasteiger charge is -2.20. The van der Waals surface area contributed by atoms with Gasteiger partial charge in [-0.15, -0.1) is 0 Å². The molecule has 0 amide bonds. The molecule has 0 bridgehead atoms. The fourth-order valence-corrected chi connectivity index (χ4v) is 7.31. The van der Waals surface area contributed by atoms with Gasteiger partial charge in [-0.1, -0.05) is 200 Å². The fourth-order valence-electron chi connectivity index (χ4n) is 6.54. The zero-order valence-corrected chi connectivity index (χ0v) is 41.6. The summed E-state index contributed by atoms with van der Waals surface area (Å²) in [6.45, 7) is 4.65. The quantitative estimate of drug-likeness (QED) is 0.0268. The maximum absolute atomic E-state index is 12.7. The lowest BCUT2D eigenvalue weighted by Crippen LogP contribution is -2.28. The highest BCUT2D eigenvalue weighted by Crippen LogP contribution is 2.43. The Morgan fingerprint density at radius 3 is 1.23 bits per heavy atom. The number of hydrogen-bond donors (Lipinski definition) is 2. The number of hydrogen-bond acceptors (Lipinski definition) is 7. The van der Waals surface area contributed by atoms with Crippen LogP contribution in [-0.4, -0.2) is 49.9 Å². The largest absolute Gasteiger partial charge is 0.472 e. The molecule has 0 saturated heterocycles. The van der Waals surface area contributed by atoms with Crippen molar-refractivity contribution in [3.8, 4) is 0 Å². The second-order valence-electron chi connectivity index (χ2n) is 16.3. The van der Waals surface area contributed by atoms with Crippen molar-refractivity contribution in [2.45, 2.75) is 200 Å². The highest BCUT2D eigenvalue weighted by atomic mass is 31.2. The molecule has 0 aliphatic carbocycles. The Morgan fingerprint density at radius 1 is 0.469 bits per heavy atom. The Bertz CT molecular complexity index is 1350. The summed E-state index contributed by atoms with van der Waals surface area (Å²) in [6, 6.07) is 0. The van der Waals surface area contributed by atoms with Crippen LogP contribution in [0.4, 0.5) is 0 Å². The first-order valence-electron chi connectivity index (χ1n) is 25.4. The van der Waals surface area contributed by atoms with Crippen molar-refractivity contribution >= 4 is 13.8 Å². The Morgan fingerprint density at radius 2 is 0.828 bits per heavy atom. The van der Waals surface area contributed by atoms with Gasteiger partial charge in [0.2, 0.25) is 0 Å². The SMILES string of the molecule is CC/C=C\C/C=C\C/C=C\C/C=C\C/C=C\CCCCCCCCCCCCOCC(COP(=O)(O)OCCN)OC(=O)CCCCCCCC/C=C\C/C=C\C/C=C\C/C=C\CC. The van der Waals surface area contributed by atoms with Gasteiger partial charge in [0.1, 0.15) is 6.10 Å². The number of esters is 1. The second kappa shape index (κ2) is 51.1. The van der Waals surface area contributed by atoms with Crippen LogP contribution in [0.3, 0.4) is 0 Å². The molecular formula is C55H94NO7P. The van der Waals surface area contributed by atoms with E-state index in [1.165, 1.54) is 70.6 Å². The standard InChI is InChI=1S/C55H94NO7P/c1-3-5-7-9-11-13-15-17-19-21-23-24-25-26-27-28-29-31-33-35-37-39-41-43-45-47-50-60-52-54(53-62-64(58,59)61-51-49-56)63-55(57)48-46-44-42-40-38-36-34-32-30-22-20-18-16-14-12-10-8-6-4-2/h5-8,11-14,17-20,23-24,26-27,30,32,54H,3-4,9-10,15-16,21-22,25,28-29,31,33-53,56H2,1-2H3,(H,58,59)/b7-5-,8-6-,13-11-,14-12-,19-17-,20-18-,24-23-,27-26-,32-30-. The third kappa shape index (κ3) is 50.2. The number of rotatable bonds is 47. The van der Waals surface area contributed by atoms with Gasteiger partial charge in [-0.25, -0.2) is 4.57 Å². The second-order valence-corrected chi connectivity index (χ2v) is 17.7. The van der Waals surface area contributed by atoms with E-state index in [4.69, 9.17) is 24.3 Å². The molecule has 0 saturated carbocycles. The van der Waals surface area contributed by atoms with E-state index in [1.54, 1.807) is 0 Å². The minimum Gasteiger partial charge on any atom is -0.457 e. The monoisotopic (exact) mass is 912 g/mol. The first kappa shape index (κ1) is 61.2. The summed E-state index contributed by atoms with van der Waals surface area (Å²) < 4.78 is 33.6. The molecule has 0 rings (SSSR count). The number of phosphoric acid groups is 1. The van der Waals surface area contributed by atoms with Crippen LogP contribution in [0, 0.1) is 0 Å². The summed E-state index contributed by atoms with van der Waals surface area (Å²) in [5, 5.41) is 0. The van der Waals surface area contributed by atoms with E-state index in [0.29, 0.717) is 13.0 Å². The molecule has 0 aromatic rings. The molecule has 0 aromatic carbocycles. The van der Waals surface area contributed by atoms with Crippen LogP contribution in [0.15, 0.2) is 109 Å². The number of carbonyl (C=O) groups is 1. The van der Waals surface area contributed by atoms with Gasteiger partial charge in [0, 0.05) is 19.6 Å². The van der Waals surface area contributed by atoms with Crippen molar-refractivity contribution in [1.29, 1.82) is 0 Å². The van der Waals surface area contributed by atoms with Gasteiger partial charge < -0.3 is 20.1 Å². The fraction of sp³-hybridized carbons (Fsp3) is 0.655. The molecule has 366 valence electrons. The molecule has 9 heteroatoms. The number of unbranched alkanes of at least 4 members (excludes halogenated alkanes) is 16. The number of ether oxygens (including phenoxy) is 2. The predicted molar refractivity (Wildman–Crippen MR) is 274 cm³/mol. The van der Waals surface area contributed by atoms with Crippen LogP contribution in [0.1, 0.15) is 194 Å². The Hall–Kier alpha value is -2.84. The van der Waals surface area contributed by atoms with E-state index in [9.17, 15) is 14.3 Å². The zero-order valence-electron chi connectivity index (χ0n) is 40.7. The smallest absolute Gasteiger partial charge is 0.457 e. The molecule has 2 unspecified atom stereocenters. The molecule has 2 atom stereocenters. The maximum Gasteiger partial charge on any atom is 0.472 e. The molecular weight excluding hydrogens is 818 g/mol. The van der Waals surface area contributed by atoms with Crippen LogP contribution in [0.25, 0.3) is 0 Å². The lowest BCUT2D eigenvalue weighted by atomic mass is 10.1. The van der Waals surface area contributed by atoms with Crippen molar-refractivity contribution in [2.24, 2.45) is 5.73 Å². The summed E-state index contributed by atoms with van der Waals surface area (Å²) in [6.07, 6.45) is 69.8. The predicted octanol–water partition coefficient (Wildman–Crippen LogP) is 16.0. The highest BCUT2D eigenvalue weighted by molar-refractivity contribution is 7.47. The van der Waals surface area contributed by atoms with Crippen molar-refractivity contribution in [1.82, 2.24) is 0 Å². The van der Waals surface area contributed by atoms with E-state index < -0.39 is 13.9 Å². The number of carbonyl (C=O) groups excluding carboxylic acids is 1. The third-order valence-corrected chi connectivity index (χ3v) is 11.2. The summed E-state index contributed by atoms with van der Waals surface area (Å²) >= 11 is 0. The lowest BCUT2D eigenvalue weighted by molar-refractivity contribution is -0.154. The average molecular weight is 912 g/mol. The summed E-state index contributed by atoms with van der Waals surface area (Å²) in [4.78, 5) is 22.6. The third-order valence-electron chi connectivity index (χ3n) is 10.2. The van der Waals surface area contributed by atoms with Crippen LogP contribution in [0.5, 0.6) is 0 Å². The molecule has 8 nitrogen and oxygen atoms in total. The molecule has 0 aliphatic heterocycles. The van der Waals surface area contributed by atoms with Crippen molar-refractivity contribution < 1.29 is 32.8 Å². The zero-order chi connectivity index (χ0) is 46.5. The molecule has 0 spiro atoms. The number of nitrogens with two attached hydrogens (primary N) is 1. The van der Waals surface area contributed by atoms with Crippen molar-refractivity contribution in [3.63, 3.8) is 0 Å². The van der Waals surface area contributed by atoms with Crippen LogP contribution in [-0.2, 0) is 27.9 Å². The van der Waals surface area contributed by atoms with Gasteiger partial charge in [-0.05, 0) is 96.3 Å². The molecule has 64 heavy (non-hydrogen) atoms. The van der Waals surface area contributed by atoms with Crippen LogP contribution >= 0.6 is 7.82 Å². The van der Waals surface area contributed by atoms with Gasteiger partial charge in [0.15, 0.2) is 0 Å². The Labute approximate surface area is 393 Å². The number of phosphoric ester groups is 1. The molecule has 0 aromatic heterocycles. The van der Waals surface area contributed by atoms with Crippen LogP contribution in [0.2, 0.25) is 0 Å². The van der Waals surface area contributed by atoms with Gasteiger partial charge in [-0.3, -0.25) is 13.8 Å². The minimum atomic E-state index is -4.30. The van der Waals surface area contributed by atoms with Gasteiger partial charge >= 0.3 is 13.8 Å². The van der Waals surface area contributed by atoms with E-state index in [1.807, 2.05) is 0 Å². The van der Waals surface area contributed by atoms with Gasteiger partial charge in [-0.2, -0.15) is 0 Å². The molecule has 0 aliphatic rings. The van der Waals surface area contributed by atoms with E-state index in [-0.39, 0.29) is 32.3 Å². The van der Waals surface area contributed by atoms with E-state index >= 15 is 0 Å². The Kier molecular flexibility index (Phi) is 48.9. The molecule has 0 radical (unpaired) electrons. The number of allylic oxidation sites excluding steroid dienone is 18. The first-order chi connectivity index (χ1) is 31.4.